The fourth-order valence-electron chi connectivity index (χ4n) is 3.03. The van der Waals surface area contributed by atoms with Crippen LogP contribution in [0.4, 0.5) is 5.69 Å². The highest BCUT2D eigenvalue weighted by molar-refractivity contribution is 7.92. The Morgan fingerprint density at radius 2 is 1.72 bits per heavy atom. The molecular formula is C22H20ClN5O3S. The fraction of sp³-hybridized carbons (Fsp3) is 0.136. The summed E-state index contributed by atoms with van der Waals surface area (Å²) in [4.78, 5) is 4.38. The van der Waals surface area contributed by atoms with E-state index in [4.69, 9.17) is 16.3 Å². The van der Waals surface area contributed by atoms with E-state index in [0.29, 0.717) is 33.7 Å². The van der Waals surface area contributed by atoms with Crippen LogP contribution in [-0.2, 0) is 10.0 Å². The number of nitrogens with one attached hydrogen (secondary N) is 1. The van der Waals surface area contributed by atoms with Crippen LogP contribution < -0.4 is 9.46 Å². The number of imidazole rings is 1. The molecule has 2 heterocycles. The summed E-state index contributed by atoms with van der Waals surface area (Å²) < 4.78 is 35.5. The van der Waals surface area contributed by atoms with Gasteiger partial charge < -0.3 is 4.74 Å². The topological polar surface area (TPSA) is 99.0 Å². The molecule has 4 aromatic rings. The minimum Gasteiger partial charge on any atom is -0.438 e. The quantitative estimate of drug-likeness (QED) is 0.434. The second kappa shape index (κ2) is 8.60. The maximum Gasteiger partial charge on any atom is 0.262 e. The molecule has 0 bridgehead atoms. The van der Waals surface area contributed by atoms with Crippen molar-refractivity contribution in [3.8, 4) is 17.4 Å². The van der Waals surface area contributed by atoms with Gasteiger partial charge in [0.2, 0.25) is 5.88 Å². The van der Waals surface area contributed by atoms with E-state index in [9.17, 15) is 8.42 Å². The molecule has 0 saturated heterocycles. The van der Waals surface area contributed by atoms with Crippen LogP contribution in [0.25, 0.3) is 5.82 Å². The van der Waals surface area contributed by atoms with Crippen LogP contribution in [-0.4, -0.2) is 28.2 Å². The Morgan fingerprint density at radius 3 is 2.34 bits per heavy atom. The zero-order valence-corrected chi connectivity index (χ0v) is 19.1. The largest absolute Gasteiger partial charge is 0.438 e. The lowest BCUT2D eigenvalue weighted by molar-refractivity contribution is 0.454. The molecule has 0 amide bonds. The number of rotatable bonds is 6. The summed E-state index contributed by atoms with van der Waals surface area (Å²) in [5, 5.41) is 8.67. The van der Waals surface area contributed by atoms with Crippen LogP contribution in [0.1, 0.15) is 17.0 Å². The molecule has 0 fully saturated rings. The van der Waals surface area contributed by atoms with Crippen molar-refractivity contribution in [1.29, 1.82) is 0 Å². The van der Waals surface area contributed by atoms with Gasteiger partial charge in [0, 0.05) is 22.5 Å². The maximum atomic E-state index is 12.7. The molecular weight excluding hydrogens is 450 g/mol. The SMILES string of the molecule is Cc1ncn(-c2ccc(Oc3ccc(NS(=O)(=O)c4cccc(Cl)c4C)cc3)nn2)c1C. The molecule has 0 spiro atoms. The van der Waals surface area contributed by atoms with Gasteiger partial charge in [-0.05, 0) is 68.8 Å². The number of hydrogen-bond donors (Lipinski definition) is 1. The van der Waals surface area contributed by atoms with Crippen molar-refractivity contribution >= 4 is 27.3 Å². The minimum absolute atomic E-state index is 0.129. The summed E-state index contributed by atoms with van der Waals surface area (Å²) in [5.41, 5.74) is 2.79. The van der Waals surface area contributed by atoms with Gasteiger partial charge in [-0.3, -0.25) is 9.29 Å². The van der Waals surface area contributed by atoms with E-state index in [1.807, 2.05) is 18.4 Å². The first-order valence-electron chi connectivity index (χ1n) is 9.65. The van der Waals surface area contributed by atoms with Crippen LogP contribution in [0, 0.1) is 20.8 Å². The normalized spacial score (nSPS) is 11.4. The smallest absolute Gasteiger partial charge is 0.262 e. The zero-order chi connectivity index (χ0) is 22.9. The predicted octanol–water partition coefficient (Wildman–Crippen LogP) is 4.83. The van der Waals surface area contributed by atoms with E-state index < -0.39 is 10.0 Å². The van der Waals surface area contributed by atoms with Crippen molar-refractivity contribution in [3.63, 3.8) is 0 Å². The zero-order valence-electron chi connectivity index (χ0n) is 17.6. The number of anilines is 1. The number of ether oxygens (including phenoxy) is 1. The van der Waals surface area contributed by atoms with Gasteiger partial charge in [-0.2, -0.15) is 0 Å². The standard InChI is InChI=1S/C22H20ClN5O3S/c1-14-19(23)5-4-6-20(14)32(29,30)27-17-7-9-18(10-8-17)31-22-12-11-21(25-26-22)28-13-24-15(2)16(28)3/h4-13,27H,1-3H3. The summed E-state index contributed by atoms with van der Waals surface area (Å²) in [6, 6.07) is 14.7. The highest BCUT2D eigenvalue weighted by Crippen LogP contribution is 2.26. The van der Waals surface area contributed by atoms with Gasteiger partial charge >= 0.3 is 0 Å². The molecule has 10 heteroatoms. The lowest BCUT2D eigenvalue weighted by Gasteiger charge is -2.12. The Bertz CT molecular complexity index is 1370. The Morgan fingerprint density at radius 1 is 0.969 bits per heavy atom. The van der Waals surface area contributed by atoms with E-state index in [1.165, 1.54) is 6.07 Å². The number of sulfonamides is 1. The van der Waals surface area contributed by atoms with E-state index in [0.717, 1.165) is 11.4 Å². The third-order valence-corrected chi connectivity index (χ3v) is 6.90. The van der Waals surface area contributed by atoms with Crippen molar-refractivity contribution in [3.05, 3.63) is 82.9 Å². The molecule has 32 heavy (non-hydrogen) atoms. The molecule has 1 N–H and O–H groups in total. The molecule has 0 unspecified atom stereocenters. The van der Waals surface area contributed by atoms with Crippen molar-refractivity contribution in [1.82, 2.24) is 19.7 Å². The van der Waals surface area contributed by atoms with E-state index in [2.05, 4.69) is 19.9 Å². The summed E-state index contributed by atoms with van der Waals surface area (Å²) in [5.74, 6) is 1.44. The predicted molar refractivity (Wildman–Crippen MR) is 122 cm³/mol. The third kappa shape index (κ3) is 4.44. The van der Waals surface area contributed by atoms with Crippen molar-refractivity contribution in [2.24, 2.45) is 0 Å². The summed E-state index contributed by atoms with van der Waals surface area (Å²) in [6.07, 6.45) is 1.69. The van der Waals surface area contributed by atoms with Crippen LogP contribution in [0.2, 0.25) is 5.02 Å². The van der Waals surface area contributed by atoms with Gasteiger partial charge in [-0.25, -0.2) is 13.4 Å². The molecule has 164 valence electrons. The van der Waals surface area contributed by atoms with E-state index in [1.54, 1.807) is 61.8 Å². The van der Waals surface area contributed by atoms with Gasteiger partial charge in [0.1, 0.15) is 12.1 Å². The Kier molecular flexibility index (Phi) is 5.86. The van der Waals surface area contributed by atoms with Gasteiger partial charge in [0.15, 0.2) is 5.82 Å². The van der Waals surface area contributed by atoms with Crippen LogP contribution in [0.5, 0.6) is 11.6 Å². The van der Waals surface area contributed by atoms with E-state index in [-0.39, 0.29) is 4.90 Å². The Labute approximate surface area is 190 Å². The molecule has 0 aliphatic rings. The van der Waals surface area contributed by atoms with Crippen LogP contribution >= 0.6 is 11.6 Å². The maximum absolute atomic E-state index is 12.7. The molecule has 4 rings (SSSR count). The van der Waals surface area contributed by atoms with Gasteiger partial charge in [-0.15, -0.1) is 10.2 Å². The molecule has 0 atom stereocenters. The molecule has 2 aromatic heterocycles. The molecule has 0 saturated carbocycles. The monoisotopic (exact) mass is 469 g/mol. The van der Waals surface area contributed by atoms with Crippen LogP contribution in [0.3, 0.4) is 0 Å². The molecule has 0 radical (unpaired) electrons. The summed E-state index contributed by atoms with van der Waals surface area (Å²) in [7, 11) is -3.78. The second-order valence-corrected chi connectivity index (χ2v) is 9.17. The number of aryl methyl sites for hydroxylation is 1. The average Bonchev–Trinajstić information content (AvgIpc) is 3.10. The number of hydrogen-bond acceptors (Lipinski definition) is 6. The van der Waals surface area contributed by atoms with Crippen LogP contribution in [0.15, 0.2) is 65.8 Å². The first kappa shape index (κ1) is 21.8. The number of halogens is 1. The van der Waals surface area contributed by atoms with Gasteiger partial charge in [0.25, 0.3) is 10.0 Å². The molecule has 0 aliphatic heterocycles. The fourth-order valence-corrected chi connectivity index (χ4v) is 4.58. The lowest BCUT2D eigenvalue weighted by atomic mass is 10.2. The number of nitrogens with zero attached hydrogens (tertiary/aromatic N) is 4. The average molecular weight is 470 g/mol. The Balaban J connectivity index is 1.46. The van der Waals surface area contributed by atoms with Crippen molar-refractivity contribution in [2.75, 3.05) is 4.72 Å². The minimum atomic E-state index is -3.78. The molecule has 0 aliphatic carbocycles. The Hall–Kier alpha value is -3.43. The first-order chi connectivity index (χ1) is 15.2. The summed E-state index contributed by atoms with van der Waals surface area (Å²) >= 11 is 6.05. The number of benzene rings is 2. The molecule has 8 nitrogen and oxygen atoms in total. The number of aromatic nitrogens is 4. The summed E-state index contributed by atoms with van der Waals surface area (Å²) in [6.45, 7) is 5.55. The van der Waals surface area contributed by atoms with Gasteiger partial charge in [0.05, 0.1) is 10.6 Å². The van der Waals surface area contributed by atoms with E-state index >= 15 is 0 Å². The third-order valence-electron chi connectivity index (χ3n) is 4.96. The highest BCUT2D eigenvalue weighted by Gasteiger charge is 2.18. The highest BCUT2D eigenvalue weighted by atomic mass is 35.5. The van der Waals surface area contributed by atoms with Gasteiger partial charge in [-0.1, -0.05) is 17.7 Å². The first-order valence-corrected chi connectivity index (χ1v) is 11.5. The van der Waals surface area contributed by atoms with Crippen molar-refractivity contribution < 1.29 is 13.2 Å². The molecule has 2 aromatic carbocycles. The van der Waals surface area contributed by atoms with Crippen molar-refractivity contribution in [2.45, 2.75) is 25.7 Å². The lowest BCUT2D eigenvalue weighted by Crippen LogP contribution is -2.14. The second-order valence-electron chi connectivity index (χ2n) is 7.11.